The van der Waals surface area contributed by atoms with Gasteiger partial charge in [0.25, 0.3) is 0 Å². The lowest BCUT2D eigenvalue weighted by Crippen LogP contribution is -2.49. The van der Waals surface area contributed by atoms with Gasteiger partial charge in [-0.2, -0.15) is 0 Å². The summed E-state index contributed by atoms with van der Waals surface area (Å²) < 4.78 is 0. The monoisotopic (exact) mass is 323 g/mol. The van der Waals surface area contributed by atoms with Crippen molar-refractivity contribution in [2.45, 2.75) is 38.8 Å². The van der Waals surface area contributed by atoms with E-state index in [0.29, 0.717) is 18.1 Å². The van der Waals surface area contributed by atoms with Gasteiger partial charge >= 0.3 is 6.03 Å². The number of piperidine rings is 1. The molecule has 0 saturated carbocycles. The first kappa shape index (κ1) is 16.6. The van der Waals surface area contributed by atoms with Crippen LogP contribution in [-0.4, -0.2) is 36.0 Å². The summed E-state index contributed by atoms with van der Waals surface area (Å²) in [5.74, 6) is 0.0949. The highest BCUT2D eigenvalue weighted by Crippen LogP contribution is 2.17. The number of amides is 3. The van der Waals surface area contributed by atoms with E-state index in [0.717, 1.165) is 18.4 Å². The molecule has 1 atom stereocenters. The smallest absolute Gasteiger partial charge is 0.315 e. The summed E-state index contributed by atoms with van der Waals surface area (Å²) in [4.78, 5) is 25.1. The number of halogens is 1. The molecular weight excluding hydrogens is 302 g/mol. The number of nitrogens with one attached hydrogen (secondary N) is 2. The molecule has 1 aliphatic heterocycles. The normalized spacial score (nSPS) is 17.0. The Kier molecular flexibility index (Phi) is 5.66. The van der Waals surface area contributed by atoms with E-state index < -0.39 is 0 Å². The first-order valence-corrected chi connectivity index (χ1v) is 7.91. The van der Waals surface area contributed by atoms with Crippen LogP contribution in [-0.2, 0) is 4.79 Å². The van der Waals surface area contributed by atoms with Gasteiger partial charge in [0.05, 0.1) is 6.04 Å². The van der Waals surface area contributed by atoms with Crippen molar-refractivity contribution in [1.82, 2.24) is 15.5 Å². The first-order chi connectivity index (χ1) is 10.5. The van der Waals surface area contributed by atoms with Crippen LogP contribution in [0.25, 0.3) is 0 Å². The van der Waals surface area contributed by atoms with Gasteiger partial charge in [-0.15, -0.1) is 0 Å². The van der Waals surface area contributed by atoms with Gasteiger partial charge in [0, 0.05) is 31.1 Å². The maximum Gasteiger partial charge on any atom is 0.315 e. The second-order valence-electron chi connectivity index (χ2n) is 5.67. The van der Waals surface area contributed by atoms with E-state index in [-0.39, 0.29) is 24.0 Å². The average molecular weight is 324 g/mol. The van der Waals surface area contributed by atoms with E-state index >= 15 is 0 Å². The van der Waals surface area contributed by atoms with Crippen molar-refractivity contribution >= 4 is 23.5 Å². The minimum absolute atomic E-state index is 0.0949. The molecule has 1 heterocycles. The van der Waals surface area contributed by atoms with Crippen molar-refractivity contribution in [1.29, 1.82) is 0 Å². The average Bonchev–Trinajstić information content (AvgIpc) is 2.47. The molecule has 0 aromatic heterocycles. The molecule has 1 fully saturated rings. The van der Waals surface area contributed by atoms with E-state index in [4.69, 9.17) is 11.6 Å². The van der Waals surface area contributed by atoms with Gasteiger partial charge in [-0.25, -0.2) is 4.79 Å². The predicted molar refractivity (Wildman–Crippen MR) is 86.8 cm³/mol. The highest BCUT2D eigenvalue weighted by Gasteiger charge is 2.22. The molecule has 1 aromatic carbocycles. The molecular formula is C16H22ClN3O2. The number of nitrogens with zero attached hydrogens (tertiary/aromatic N) is 1. The molecule has 2 rings (SSSR count). The topological polar surface area (TPSA) is 61.4 Å². The van der Waals surface area contributed by atoms with Crippen LogP contribution in [0.4, 0.5) is 4.79 Å². The zero-order valence-corrected chi connectivity index (χ0v) is 13.7. The molecule has 0 aliphatic carbocycles. The maximum atomic E-state index is 12.1. The summed E-state index contributed by atoms with van der Waals surface area (Å²) in [7, 11) is 0. The molecule has 0 radical (unpaired) electrons. The number of likely N-dealkylation sites (tertiary alicyclic amines) is 1. The van der Waals surface area contributed by atoms with Crippen LogP contribution in [0.3, 0.4) is 0 Å². The third-order valence-corrected chi connectivity index (χ3v) is 4.21. The van der Waals surface area contributed by atoms with Gasteiger partial charge in [0.1, 0.15) is 0 Å². The number of carbonyl (C=O) groups is 2. The van der Waals surface area contributed by atoms with Crippen molar-refractivity contribution < 1.29 is 9.59 Å². The third kappa shape index (κ3) is 4.63. The lowest BCUT2D eigenvalue weighted by Gasteiger charge is -2.32. The molecule has 1 aromatic rings. The standard InChI is InChI=1S/C16H22ClN3O2/c1-11(13-4-3-5-14(17)10-13)18-16(22)19-15-6-8-20(9-7-15)12(2)21/h3-5,10-11,15H,6-9H2,1-2H3,(H2,18,19,22). The van der Waals surface area contributed by atoms with Gasteiger partial charge in [-0.1, -0.05) is 23.7 Å². The van der Waals surface area contributed by atoms with Crippen LogP contribution in [0, 0.1) is 0 Å². The Balaban J connectivity index is 1.80. The fourth-order valence-corrected chi connectivity index (χ4v) is 2.82. The molecule has 3 amide bonds. The van der Waals surface area contributed by atoms with Crippen molar-refractivity contribution in [3.63, 3.8) is 0 Å². The number of rotatable bonds is 3. The highest BCUT2D eigenvalue weighted by molar-refractivity contribution is 6.30. The maximum absolute atomic E-state index is 12.1. The quantitative estimate of drug-likeness (QED) is 0.898. The number of hydrogen-bond acceptors (Lipinski definition) is 2. The number of benzene rings is 1. The molecule has 1 aliphatic rings. The van der Waals surface area contributed by atoms with E-state index in [9.17, 15) is 9.59 Å². The molecule has 2 N–H and O–H groups in total. The van der Waals surface area contributed by atoms with Crippen LogP contribution in [0.5, 0.6) is 0 Å². The van der Waals surface area contributed by atoms with Crippen molar-refractivity contribution in [3.05, 3.63) is 34.9 Å². The first-order valence-electron chi connectivity index (χ1n) is 7.53. The highest BCUT2D eigenvalue weighted by atomic mass is 35.5. The van der Waals surface area contributed by atoms with E-state index in [1.807, 2.05) is 30.0 Å². The molecule has 0 spiro atoms. The Morgan fingerprint density at radius 3 is 2.59 bits per heavy atom. The summed E-state index contributed by atoms with van der Waals surface area (Å²) >= 11 is 5.96. The predicted octanol–water partition coefficient (Wildman–Crippen LogP) is 2.71. The Labute approximate surface area is 136 Å². The van der Waals surface area contributed by atoms with Gasteiger partial charge < -0.3 is 15.5 Å². The third-order valence-electron chi connectivity index (χ3n) is 3.97. The van der Waals surface area contributed by atoms with E-state index in [1.165, 1.54) is 0 Å². The molecule has 1 unspecified atom stereocenters. The van der Waals surface area contributed by atoms with Gasteiger partial charge in [-0.05, 0) is 37.5 Å². The van der Waals surface area contributed by atoms with E-state index in [1.54, 1.807) is 13.0 Å². The Bertz CT molecular complexity index is 542. The summed E-state index contributed by atoms with van der Waals surface area (Å²) in [6.07, 6.45) is 1.58. The fourth-order valence-electron chi connectivity index (χ4n) is 2.62. The van der Waals surface area contributed by atoms with Crippen LogP contribution >= 0.6 is 11.6 Å². The molecule has 22 heavy (non-hydrogen) atoms. The largest absolute Gasteiger partial charge is 0.343 e. The summed E-state index contributed by atoms with van der Waals surface area (Å²) in [5, 5.41) is 6.54. The van der Waals surface area contributed by atoms with E-state index in [2.05, 4.69) is 10.6 Å². The van der Waals surface area contributed by atoms with Crippen LogP contribution in [0.2, 0.25) is 5.02 Å². The zero-order valence-electron chi connectivity index (χ0n) is 12.9. The lowest BCUT2D eigenvalue weighted by molar-refractivity contribution is -0.129. The Morgan fingerprint density at radius 2 is 2.00 bits per heavy atom. The SMILES string of the molecule is CC(=O)N1CCC(NC(=O)NC(C)c2cccc(Cl)c2)CC1. The Morgan fingerprint density at radius 1 is 1.32 bits per heavy atom. The number of carbonyl (C=O) groups excluding carboxylic acids is 2. The second-order valence-corrected chi connectivity index (χ2v) is 6.11. The van der Waals surface area contributed by atoms with Crippen LogP contribution in [0.15, 0.2) is 24.3 Å². The molecule has 1 saturated heterocycles. The minimum atomic E-state index is -0.186. The second kappa shape index (κ2) is 7.49. The summed E-state index contributed by atoms with van der Waals surface area (Å²) in [6.45, 7) is 4.89. The molecule has 0 bridgehead atoms. The van der Waals surface area contributed by atoms with Crippen molar-refractivity contribution in [2.24, 2.45) is 0 Å². The van der Waals surface area contributed by atoms with Gasteiger partial charge in [-0.3, -0.25) is 4.79 Å². The zero-order chi connectivity index (χ0) is 16.1. The Hall–Kier alpha value is -1.75. The molecule has 6 heteroatoms. The van der Waals surface area contributed by atoms with Crippen molar-refractivity contribution in [2.75, 3.05) is 13.1 Å². The fraction of sp³-hybridized carbons (Fsp3) is 0.500. The van der Waals surface area contributed by atoms with Crippen LogP contribution in [0.1, 0.15) is 38.3 Å². The van der Waals surface area contributed by atoms with Gasteiger partial charge in [0.2, 0.25) is 5.91 Å². The molecule has 5 nitrogen and oxygen atoms in total. The summed E-state index contributed by atoms with van der Waals surface area (Å²) in [6, 6.07) is 7.26. The molecule has 120 valence electrons. The summed E-state index contributed by atoms with van der Waals surface area (Å²) in [5.41, 5.74) is 0.967. The lowest BCUT2D eigenvalue weighted by atomic mass is 10.1. The van der Waals surface area contributed by atoms with Gasteiger partial charge in [0.15, 0.2) is 0 Å². The number of hydrogen-bond donors (Lipinski definition) is 2. The van der Waals surface area contributed by atoms with Crippen LogP contribution < -0.4 is 10.6 Å². The number of urea groups is 1. The minimum Gasteiger partial charge on any atom is -0.343 e. The van der Waals surface area contributed by atoms with Crippen molar-refractivity contribution in [3.8, 4) is 0 Å².